The Morgan fingerprint density at radius 3 is 2.82 bits per heavy atom. The Morgan fingerprint density at radius 1 is 1.47 bits per heavy atom. The van der Waals surface area contributed by atoms with Crippen molar-refractivity contribution in [2.24, 2.45) is 5.92 Å². The quantitative estimate of drug-likeness (QED) is 0.860. The normalized spacial score (nSPS) is 20.1. The summed E-state index contributed by atoms with van der Waals surface area (Å²) in [7, 11) is 0. The number of rotatable bonds is 3. The van der Waals surface area contributed by atoms with E-state index in [1.54, 1.807) is 23.1 Å². The van der Waals surface area contributed by atoms with E-state index >= 15 is 0 Å². The van der Waals surface area contributed by atoms with Gasteiger partial charge < -0.3 is 10.0 Å². The number of aliphatic hydroxyl groups excluding tert-OH is 1. The van der Waals surface area contributed by atoms with Gasteiger partial charge in [-0.15, -0.1) is 11.6 Å². The SMILES string of the molecule is O=C1CC(CCl)CN1c1ccc(Cl)cc1CO. The molecule has 1 aliphatic heterocycles. The summed E-state index contributed by atoms with van der Waals surface area (Å²) in [5.41, 5.74) is 1.40. The first-order valence-corrected chi connectivity index (χ1v) is 6.32. The first kappa shape index (κ1) is 12.7. The van der Waals surface area contributed by atoms with Crippen molar-refractivity contribution in [3.05, 3.63) is 28.8 Å². The minimum atomic E-state index is -0.134. The lowest BCUT2D eigenvalue weighted by Crippen LogP contribution is -2.25. The van der Waals surface area contributed by atoms with Crippen LogP contribution in [0.4, 0.5) is 5.69 Å². The van der Waals surface area contributed by atoms with Crippen molar-refractivity contribution in [2.45, 2.75) is 13.0 Å². The van der Waals surface area contributed by atoms with E-state index in [1.165, 1.54) is 0 Å². The highest BCUT2D eigenvalue weighted by molar-refractivity contribution is 6.30. The fourth-order valence-corrected chi connectivity index (χ4v) is 2.46. The Balaban J connectivity index is 2.31. The Kier molecular flexibility index (Phi) is 3.92. The summed E-state index contributed by atoms with van der Waals surface area (Å²) < 4.78 is 0. The van der Waals surface area contributed by atoms with Crippen LogP contribution in [0.1, 0.15) is 12.0 Å². The molecular formula is C12H13Cl2NO2. The maximum Gasteiger partial charge on any atom is 0.227 e. The molecule has 0 saturated carbocycles. The van der Waals surface area contributed by atoms with Crippen molar-refractivity contribution < 1.29 is 9.90 Å². The Morgan fingerprint density at radius 2 is 2.24 bits per heavy atom. The molecule has 1 aromatic carbocycles. The van der Waals surface area contributed by atoms with Gasteiger partial charge in [-0.25, -0.2) is 0 Å². The van der Waals surface area contributed by atoms with Crippen molar-refractivity contribution in [1.29, 1.82) is 0 Å². The predicted molar refractivity (Wildman–Crippen MR) is 68.6 cm³/mol. The summed E-state index contributed by atoms with van der Waals surface area (Å²) >= 11 is 11.6. The van der Waals surface area contributed by atoms with Crippen LogP contribution in [0, 0.1) is 5.92 Å². The van der Waals surface area contributed by atoms with Crippen LogP contribution in [-0.2, 0) is 11.4 Å². The van der Waals surface area contributed by atoms with Gasteiger partial charge in [0, 0.05) is 35.1 Å². The number of aliphatic hydroxyl groups is 1. The lowest BCUT2D eigenvalue weighted by Gasteiger charge is -2.19. The minimum absolute atomic E-state index is 0.0488. The molecule has 92 valence electrons. The molecule has 1 aromatic rings. The molecule has 1 unspecified atom stereocenters. The second-order valence-electron chi connectivity index (χ2n) is 4.16. The number of benzene rings is 1. The summed E-state index contributed by atoms with van der Waals surface area (Å²) in [5.74, 6) is 0.712. The fraction of sp³-hybridized carbons (Fsp3) is 0.417. The highest BCUT2D eigenvalue weighted by Gasteiger charge is 2.30. The van der Waals surface area contributed by atoms with E-state index in [4.69, 9.17) is 23.2 Å². The van der Waals surface area contributed by atoms with Crippen molar-refractivity contribution in [2.75, 3.05) is 17.3 Å². The van der Waals surface area contributed by atoms with E-state index in [0.717, 1.165) is 5.69 Å². The third-order valence-electron chi connectivity index (χ3n) is 2.93. The second kappa shape index (κ2) is 5.25. The van der Waals surface area contributed by atoms with Crippen LogP contribution < -0.4 is 4.90 Å². The van der Waals surface area contributed by atoms with Crippen LogP contribution in [0.5, 0.6) is 0 Å². The molecule has 0 aromatic heterocycles. The summed E-state index contributed by atoms with van der Waals surface area (Å²) in [6.45, 7) is 0.474. The number of hydrogen-bond donors (Lipinski definition) is 1. The van der Waals surface area contributed by atoms with Gasteiger partial charge in [-0.2, -0.15) is 0 Å². The maximum absolute atomic E-state index is 11.8. The topological polar surface area (TPSA) is 40.5 Å². The molecule has 1 saturated heterocycles. The average Bonchev–Trinajstić information content (AvgIpc) is 2.70. The van der Waals surface area contributed by atoms with E-state index < -0.39 is 0 Å². The molecule has 0 spiro atoms. The number of carbonyl (C=O) groups excluding carboxylic acids is 1. The Bertz CT molecular complexity index is 437. The first-order chi connectivity index (χ1) is 8.15. The highest BCUT2D eigenvalue weighted by atomic mass is 35.5. The van der Waals surface area contributed by atoms with E-state index in [1.807, 2.05) is 0 Å². The smallest absolute Gasteiger partial charge is 0.227 e. The number of carbonyl (C=O) groups is 1. The third-order valence-corrected chi connectivity index (χ3v) is 3.60. The Hall–Kier alpha value is -0.770. The number of halogens is 2. The molecule has 5 heteroatoms. The van der Waals surface area contributed by atoms with Gasteiger partial charge in [-0.3, -0.25) is 4.79 Å². The molecule has 1 aliphatic rings. The average molecular weight is 274 g/mol. The Labute approximate surface area is 110 Å². The number of anilines is 1. The van der Waals surface area contributed by atoms with E-state index in [-0.39, 0.29) is 18.4 Å². The van der Waals surface area contributed by atoms with Crippen molar-refractivity contribution in [3.8, 4) is 0 Å². The molecule has 1 N–H and O–H groups in total. The largest absolute Gasteiger partial charge is 0.392 e. The van der Waals surface area contributed by atoms with Crippen LogP contribution in [0.2, 0.25) is 5.02 Å². The maximum atomic E-state index is 11.8. The van der Waals surface area contributed by atoms with Gasteiger partial charge in [0.25, 0.3) is 0 Å². The van der Waals surface area contributed by atoms with Crippen molar-refractivity contribution in [1.82, 2.24) is 0 Å². The zero-order valence-electron chi connectivity index (χ0n) is 9.20. The van der Waals surface area contributed by atoms with E-state index in [0.29, 0.717) is 29.4 Å². The molecule has 3 nitrogen and oxygen atoms in total. The number of hydrogen-bond acceptors (Lipinski definition) is 2. The molecule has 0 aliphatic carbocycles. The van der Waals surface area contributed by atoms with E-state index in [2.05, 4.69) is 0 Å². The first-order valence-electron chi connectivity index (χ1n) is 5.41. The predicted octanol–water partition coefficient (Wildman–Crippen LogP) is 2.42. The van der Waals surface area contributed by atoms with Gasteiger partial charge in [0.15, 0.2) is 0 Å². The van der Waals surface area contributed by atoms with Crippen molar-refractivity contribution >= 4 is 34.8 Å². The molecular weight excluding hydrogens is 261 g/mol. The summed E-state index contributed by atoms with van der Waals surface area (Å²) in [4.78, 5) is 13.5. The van der Waals surface area contributed by atoms with Gasteiger partial charge >= 0.3 is 0 Å². The number of alkyl halides is 1. The van der Waals surface area contributed by atoms with Crippen molar-refractivity contribution in [3.63, 3.8) is 0 Å². The molecule has 1 fully saturated rings. The van der Waals surface area contributed by atoms with Crippen LogP contribution >= 0.6 is 23.2 Å². The van der Waals surface area contributed by atoms with Crippen LogP contribution in [-0.4, -0.2) is 23.4 Å². The number of amides is 1. The van der Waals surface area contributed by atoms with Gasteiger partial charge in [0.05, 0.1) is 6.61 Å². The van der Waals surface area contributed by atoms with Crippen LogP contribution in [0.3, 0.4) is 0 Å². The zero-order valence-corrected chi connectivity index (χ0v) is 10.7. The molecule has 2 rings (SSSR count). The lowest BCUT2D eigenvalue weighted by molar-refractivity contribution is -0.117. The molecule has 0 bridgehead atoms. The third kappa shape index (κ3) is 2.57. The highest BCUT2D eigenvalue weighted by Crippen LogP contribution is 2.30. The molecule has 1 heterocycles. The summed E-state index contributed by atoms with van der Waals surface area (Å²) in [6, 6.07) is 5.16. The van der Waals surface area contributed by atoms with Gasteiger partial charge in [-0.05, 0) is 24.1 Å². The van der Waals surface area contributed by atoms with Gasteiger partial charge in [-0.1, -0.05) is 11.6 Å². The van der Waals surface area contributed by atoms with Gasteiger partial charge in [0.2, 0.25) is 5.91 Å². The van der Waals surface area contributed by atoms with Gasteiger partial charge in [0.1, 0.15) is 0 Å². The number of nitrogens with zero attached hydrogens (tertiary/aromatic N) is 1. The summed E-state index contributed by atoms with van der Waals surface area (Å²) in [5, 5.41) is 9.84. The molecule has 1 atom stereocenters. The minimum Gasteiger partial charge on any atom is -0.392 e. The second-order valence-corrected chi connectivity index (χ2v) is 4.90. The van der Waals surface area contributed by atoms with E-state index in [9.17, 15) is 9.90 Å². The monoisotopic (exact) mass is 273 g/mol. The molecule has 17 heavy (non-hydrogen) atoms. The van der Waals surface area contributed by atoms with Crippen LogP contribution in [0.25, 0.3) is 0 Å². The molecule has 0 radical (unpaired) electrons. The fourth-order valence-electron chi connectivity index (χ4n) is 2.06. The lowest BCUT2D eigenvalue weighted by atomic mass is 10.1. The standard InChI is InChI=1S/C12H13Cl2NO2/c13-5-8-3-12(17)15(6-8)11-2-1-10(14)4-9(11)7-16/h1-2,4,8,16H,3,5-7H2. The zero-order chi connectivity index (χ0) is 12.4. The summed E-state index contributed by atoms with van der Waals surface area (Å²) in [6.07, 6.45) is 0.469. The molecule has 1 amide bonds. The van der Waals surface area contributed by atoms with Crippen LogP contribution in [0.15, 0.2) is 18.2 Å².